The molecule has 11 nitrogen and oxygen atoms in total. The van der Waals surface area contributed by atoms with E-state index in [-0.39, 0.29) is 25.1 Å². The first-order valence-corrected chi connectivity index (χ1v) is 9.72. The SMILES string of the molecule is O=C(NN=Cc1ccc2c(c1)OCO2)c1ccc(C(=O)NN=Cc2ccc3c(c2)OCO3)o1. The first-order valence-electron chi connectivity index (χ1n) is 9.72. The molecule has 2 aliphatic rings. The molecule has 2 aromatic carbocycles. The van der Waals surface area contributed by atoms with Crippen molar-refractivity contribution in [2.24, 2.45) is 10.2 Å². The predicted molar refractivity (Wildman–Crippen MR) is 114 cm³/mol. The van der Waals surface area contributed by atoms with Gasteiger partial charge in [-0.05, 0) is 59.7 Å². The van der Waals surface area contributed by atoms with E-state index >= 15 is 0 Å². The minimum Gasteiger partial charge on any atom is -0.454 e. The fourth-order valence-electron chi connectivity index (χ4n) is 3.01. The number of hydrogen-bond donors (Lipinski definition) is 2. The number of hydrazone groups is 2. The first-order chi connectivity index (χ1) is 16.2. The molecule has 0 radical (unpaired) electrons. The van der Waals surface area contributed by atoms with Crippen LogP contribution in [0.3, 0.4) is 0 Å². The van der Waals surface area contributed by atoms with Crippen molar-refractivity contribution in [3.63, 3.8) is 0 Å². The summed E-state index contributed by atoms with van der Waals surface area (Å²) in [5.41, 5.74) is 6.08. The van der Waals surface area contributed by atoms with Crippen LogP contribution in [0.5, 0.6) is 23.0 Å². The van der Waals surface area contributed by atoms with Crippen LogP contribution in [0, 0.1) is 0 Å². The fourth-order valence-corrected chi connectivity index (χ4v) is 3.01. The van der Waals surface area contributed by atoms with Gasteiger partial charge in [0.2, 0.25) is 13.6 Å². The summed E-state index contributed by atoms with van der Waals surface area (Å²) in [5, 5.41) is 7.76. The van der Waals surface area contributed by atoms with Gasteiger partial charge in [-0.3, -0.25) is 9.59 Å². The summed E-state index contributed by atoms with van der Waals surface area (Å²) in [5.74, 6) is 1.12. The highest BCUT2D eigenvalue weighted by Gasteiger charge is 2.16. The van der Waals surface area contributed by atoms with E-state index in [9.17, 15) is 9.59 Å². The summed E-state index contributed by atoms with van der Waals surface area (Å²) in [6.45, 7) is 0.343. The lowest BCUT2D eigenvalue weighted by molar-refractivity contribution is 0.0902. The molecule has 0 atom stereocenters. The highest BCUT2D eigenvalue weighted by Crippen LogP contribution is 2.32. The lowest BCUT2D eigenvalue weighted by Gasteiger charge is -1.99. The molecule has 2 aliphatic heterocycles. The van der Waals surface area contributed by atoms with Crippen LogP contribution in [0.15, 0.2) is 63.2 Å². The Balaban J connectivity index is 1.14. The highest BCUT2D eigenvalue weighted by atomic mass is 16.7. The predicted octanol–water partition coefficient (Wildman–Crippen LogP) is 2.26. The Kier molecular flexibility index (Phi) is 5.33. The second-order valence-electron chi connectivity index (χ2n) is 6.79. The van der Waals surface area contributed by atoms with Crippen molar-refractivity contribution in [3.05, 3.63) is 71.2 Å². The standard InChI is InChI=1S/C22H16N4O7/c27-21(25-23-9-13-1-3-15-19(7-13)31-11-29-15)17-5-6-18(33-17)22(28)26-24-10-14-2-4-16-20(8-14)32-12-30-16/h1-10H,11-12H2,(H,25,27)(H,26,28). The topological polar surface area (TPSA) is 133 Å². The van der Waals surface area contributed by atoms with Crippen molar-refractivity contribution >= 4 is 24.2 Å². The van der Waals surface area contributed by atoms with Crippen molar-refractivity contribution in [2.45, 2.75) is 0 Å². The maximum Gasteiger partial charge on any atom is 0.307 e. The number of hydrogen-bond acceptors (Lipinski definition) is 9. The lowest BCUT2D eigenvalue weighted by Crippen LogP contribution is -2.18. The van der Waals surface area contributed by atoms with Crippen LogP contribution >= 0.6 is 0 Å². The van der Waals surface area contributed by atoms with Gasteiger partial charge in [-0.25, -0.2) is 10.9 Å². The summed E-state index contributed by atoms with van der Waals surface area (Å²) in [4.78, 5) is 24.4. The van der Waals surface area contributed by atoms with E-state index in [1.54, 1.807) is 36.4 Å². The molecule has 0 saturated carbocycles. The zero-order chi connectivity index (χ0) is 22.6. The summed E-state index contributed by atoms with van der Waals surface area (Å²) < 4.78 is 26.3. The monoisotopic (exact) mass is 448 g/mol. The van der Waals surface area contributed by atoms with Gasteiger partial charge in [-0.2, -0.15) is 10.2 Å². The van der Waals surface area contributed by atoms with Crippen LogP contribution in [-0.2, 0) is 0 Å². The zero-order valence-corrected chi connectivity index (χ0v) is 16.9. The zero-order valence-electron chi connectivity index (χ0n) is 16.9. The van der Waals surface area contributed by atoms with Crippen LogP contribution in [0.4, 0.5) is 0 Å². The molecule has 33 heavy (non-hydrogen) atoms. The molecule has 166 valence electrons. The minimum atomic E-state index is -0.616. The van der Waals surface area contributed by atoms with Crippen molar-refractivity contribution in [2.75, 3.05) is 13.6 Å². The molecule has 3 heterocycles. The second-order valence-corrected chi connectivity index (χ2v) is 6.79. The number of nitrogens with zero attached hydrogens (tertiary/aromatic N) is 2. The van der Waals surface area contributed by atoms with Crippen LogP contribution in [0.1, 0.15) is 32.2 Å². The van der Waals surface area contributed by atoms with Crippen LogP contribution in [-0.4, -0.2) is 37.8 Å². The van der Waals surface area contributed by atoms with Crippen LogP contribution < -0.4 is 29.8 Å². The van der Waals surface area contributed by atoms with Gasteiger partial charge in [0.1, 0.15) is 0 Å². The number of ether oxygens (including phenoxy) is 4. The Bertz CT molecular complexity index is 1190. The number of carbonyl (C=O) groups is 2. The Morgan fingerprint density at radius 2 is 1.12 bits per heavy atom. The molecule has 2 amide bonds. The van der Waals surface area contributed by atoms with Crippen molar-refractivity contribution in [3.8, 4) is 23.0 Å². The van der Waals surface area contributed by atoms with E-state index in [1.165, 1.54) is 24.6 Å². The molecule has 0 unspecified atom stereocenters. The molecule has 0 saturated heterocycles. The lowest BCUT2D eigenvalue weighted by atomic mass is 10.2. The number of furan rings is 1. The van der Waals surface area contributed by atoms with Gasteiger partial charge in [-0.1, -0.05) is 0 Å². The van der Waals surface area contributed by atoms with Gasteiger partial charge in [0, 0.05) is 0 Å². The van der Waals surface area contributed by atoms with Crippen molar-refractivity contribution < 1.29 is 33.0 Å². The maximum atomic E-state index is 12.2. The van der Waals surface area contributed by atoms with E-state index in [0.717, 1.165) is 0 Å². The van der Waals surface area contributed by atoms with E-state index in [4.69, 9.17) is 23.4 Å². The van der Waals surface area contributed by atoms with Crippen LogP contribution in [0.2, 0.25) is 0 Å². The quantitative estimate of drug-likeness (QED) is 0.437. The first kappa shape index (κ1) is 20.1. The number of nitrogens with one attached hydrogen (secondary N) is 2. The summed E-state index contributed by atoms with van der Waals surface area (Å²) in [6.07, 6.45) is 2.89. The third-order valence-electron chi connectivity index (χ3n) is 4.61. The molecular weight excluding hydrogens is 432 g/mol. The molecule has 2 N–H and O–H groups in total. The Labute approximate surface area is 186 Å². The Hall–Kier alpha value is -4.80. The number of amides is 2. The Morgan fingerprint density at radius 1 is 0.667 bits per heavy atom. The number of benzene rings is 2. The van der Waals surface area contributed by atoms with E-state index in [2.05, 4.69) is 21.1 Å². The van der Waals surface area contributed by atoms with E-state index in [1.807, 2.05) is 0 Å². The van der Waals surface area contributed by atoms with Gasteiger partial charge in [0.15, 0.2) is 34.5 Å². The Morgan fingerprint density at radius 3 is 1.61 bits per heavy atom. The third kappa shape index (κ3) is 4.46. The number of carbonyl (C=O) groups excluding carboxylic acids is 2. The smallest absolute Gasteiger partial charge is 0.307 e. The molecule has 11 heteroatoms. The molecular formula is C22H16N4O7. The second kappa shape index (κ2) is 8.75. The van der Waals surface area contributed by atoms with E-state index < -0.39 is 11.8 Å². The molecule has 5 rings (SSSR count). The van der Waals surface area contributed by atoms with Gasteiger partial charge < -0.3 is 23.4 Å². The number of fused-ring (bicyclic) bond motifs is 2. The van der Waals surface area contributed by atoms with Gasteiger partial charge in [0.05, 0.1) is 12.4 Å². The van der Waals surface area contributed by atoms with Gasteiger partial charge >= 0.3 is 11.8 Å². The average Bonchev–Trinajstić information content (AvgIpc) is 3.58. The molecule has 0 spiro atoms. The van der Waals surface area contributed by atoms with Crippen molar-refractivity contribution in [1.82, 2.24) is 10.9 Å². The maximum absolute atomic E-state index is 12.2. The van der Waals surface area contributed by atoms with Crippen LogP contribution in [0.25, 0.3) is 0 Å². The fraction of sp³-hybridized carbons (Fsp3) is 0.0909. The summed E-state index contributed by atoms with van der Waals surface area (Å²) in [7, 11) is 0. The molecule has 0 fully saturated rings. The van der Waals surface area contributed by atoms with Gasteiger partial charge in [-0.15, -0.1) is 0 Å². The highest BCUT2D eigenvalue weighted by molar-refractivity contribution is 5.96. The molecule has 3 aromatic rings. The molecule has 0 bridgehead atoms. The number of rotatable bonds is 6. The van der Waals surface area contributed by atoms with E-state index in [0.29, 0.717) is 34.1 Å². The third-order valence-corrected chi connectivity index (χ3v) is 4.61. The molecule has 0 aliphatic carbocycles. The summed E-state index contributed by atoms with van der Waals surface area (Å²) >= 11 is 0. The summed E-state index contributed by atoms with van der Waals surface area (Å²) in [6, 6.07) is 13.2. The van der Waals surface area contributed by atoms with Gasteiger partial charge in [0.25, 0.3) is 0 Å². The normalized spacial score (nSPS) is 13.6. The molecule has 1 aromatic heterocycles. The average molecular weight is 448 g/mol. The largest absolute Gasteiger partial charge is 0.454 e. The minimum absolute atomic E-state index is 0.0808. The van der Waals surface area contributed by atoms with Crippen molar-refractivity contribution in [1.29, 1.82) is 0 Å².